The first-order valence-corrected chi connectivity index (χ1v) is 11.7. The standard InChI is InChI=1S/C10H16N2O10S4/c1-11(22-23(4)13)7-5-8(12(2)24(14)21-3)10(26(18,19)20)6-9(7)25(15,16)17/h5-6H,1-4H3,(H,15,16,17)(H,18,19,20). The van der Waals surface area contributed by atoms with Gasteiger partial charge < -0.3 is 0 Å². The summed E-state index contributed by atoms with van der Waals surface area (Å²) in [6, 6.07) is 1.28. The first-order valence-electron chi connectivity index (χ1n) is 6.28. The Morgan fingerprint density at radius 1 is 0.962 bits per heavy atom. The van der Waals surface area contributed by atoms with Gasteiger partial charge in [-0.15, -0.1) is 0 Å². The van der Waals surface area contributed by atoms with E-state index in [1.54, 1.807) is 0 Å². The van der Waals surface area contributed by atoms with Gasteiger partial charge in [0.05, 0.1) is 18.5 Å². The number of hydrogen-bond donors (Lipinski definition) is 2. The normalized spacial score (nSPS) is 14.7. The van der Waals surface area contributed by atoms with E-state index in [-0.39, 0.29) is 0 Å². The second-order valence-electron chi connectivity index (χ2n) is 4.59. The van der Waals surface area contributed by atoms with Gasteiger partial charge in [-0.3, -0.25) is 17.6 Å². The van der Waals surface area contributed by atoms with Crippen molar-refractivity contribution in [2.24, 2.45) is 0 Å². The highest BCUT2D eigenvalue weighted by Gasteiger charge is 2.29. The highest BCUT2D eigenvalue weighted by Crippen LogP contribution is 2.36. The number of rotatable bonds is 8. The minimum absolute atomic E-state index is 0.438. The lowest BCUT2D eigenvalue weighted by Crippen LogP contribution is -2.26. The van der Waals surface area contributed by atoms with Crippen LogP contribution >= 0.6 is 0 Å². The van der Waals surface area contributed by atoms with Gasteiger partial charge in [0.2, 0.25) is 0 Å². The van der Waals surface area contributed by atoms with E-state index in [2.05, 4.69) is 4.18 Å². The summed E-state index contributed by atoms with van der Waals surface area (Å²) in [5, 5.41) is 0.694. The van der Waals surface area contributed by atoms with Crippen LogP contribution in [0.25, 0.3) is 0 Å². The van der Waals surface area contributed by atoms with Crippen LogP contribution in [-0.2, 0) is 51.1 Å². The Labute approximate surface area is 155 Å². The molecule has 16 heteroatoms. The first kappa shape index (κ1) is 22.9. The smallest absolute Gasteiger partial charge is 0.282 e. The second kappa shape index (κ2) is 8.26. The number of anilines is 2. The quantitative estimate of drug-likeness (QED) is 0.385. The van der Waals surface area contributed by atoms with E-state index in [9.17, 15) is 34.4 Å². The van der Waals surface area contributed by atoms with Gasteiger partial charge >= 0.3 is 0 Å². The van der Waals surface area contributed by atoms with Crippen molar-refractivity contribution in [1.29, 1.82) is 0 Å². The lowest BCUT2D eigenvalue weighted by Gasteiger charge is -2.24. The zero-order valence-electron chi connectivity index (χ0n) is 13.8. The Balaban J connectivity index is 3.90. The van der Waals surface area contributed by atoms with Crippen molar-refractivity contribution in [3.05, 3.63) is 12.1 Å². The van der Waals surface area contributed by atoms with Crippen LogP contribution in [0, 0.1) is 0 Å². The van der Waals surface area contributed by atoms with Crippen LogP contribution in [-0.4, -0.2) is 61.8 Å². The van der Waals surface area contributed by atoms with E-state index in [1.165, 1.54) is 0 Å². The summed E-state index contributed by atoms with van der Waals surface area (Å²) in [7, 11) is -6.65. The SMILES string of the molecule is COS(=O)N(C)c1cc(N(C)OS(C)=O)c(S(=O)(=O)O)cc1S(=O)(=O)O. The molecular formula is C10H16N2O10S4. The largest absolute Gasteiger partial charge is 0.296 e. The fourth-order valence-corrected chi connectivity index (χ4v) is 4.34. The first-order chi connectivity index (χ1) is 11.7. The van der Waals surface area contributed by atoms with Crippen LogP contribution in [0.3, 0.4) is 0 Å². The van der Waals surface area contributed by atoms with E-state index in [0.29, 0.717) is 11.1 Å². The van der Waals surface area contributed by atoms with Gasteiger partial charge in [-0.05, 0) is 12.1 Å². The third kappa shape index (κ3) is 5.43. The van der Waals surface area contributed by atoms with Crippen molar-refractivity contribution >= 4 is 54.0 Å². The summed E-state index contributed by atoms with van der Waals surface area (Å²) in [5.74, 6) is 0. The lowest BCUT2D eigenvalue weighted by molar-refractivity contribution is 0.333. The fraction of sp³-hybridized carbons (Fsp3) is 0.400. The molecule has 0 aromatic heterocycles. The molecule has 150 valence electrons. The molecule has 0 heterocycles. The van der Waals surface area contributed by atoms with Gasteiger partial charge in [0.1, 0.15) is 9.79 Å². The molecule has 0 spiro atoms. The maximum Gasteiger partial charge on any atom is 0.296 e. The average molecular weight is 453 g/mol. The van der Waals surface area contributed by atoms with Crippen LogP contribution in [0.5, 0.6) is 0 Å². The molecule has 0 amide bonds. The van der Waals surface area contributed by atoms with Crippen LogP contribution in [0.15, 0.2) is 21.9 Å². The van der Waals surface area contributed by atoms with E-state index >= 15 is 0 Å². The molecule has 0 radical (unpaired) electrons. The Morgan fingerprint density at radius 3 is 1.81 bits per heavy atom. The van der Waals surface area contributed by atoms with Gasteiger partial charge in [-0.1, -0.05) is 0 Å². The summed E-state index contributed by atoms with van der Waals surface area (Å²) in [4.78, 5) is -1.92. The van der Waals surface area contributed by atoms with E-state index in [1.807, 2.05) is 0 Å². The van der Waals surface area contributed by atoms with Gasteiger partial charge in [-0.2, -0.15) is 21.1 Å². The zero-order chi connectivity index (χ0) is 20.4. The van der Waals surface area contributed by atoms with Crippen molar-refractivity contribution in [3.63, 3.8) is 0 Å². The summed E-state index contributed by atoms with van der Waals surface area (Å²) in [6.45, 7) is 0. The second-order valence-corrected chi connectivity index (χ2v) is 9.64. The van der Waals surface area contributed by atoms with Gasteiger partial charge in [0.15, 0.2) is 11.1 Å². The van der Waals surface area contributed by atoms with Crippen molar-refractivity contribution in [1.82, 2.24) is 0 Å². The molecule has 1 aromatic carbocycles. The van der Waals surface area contributed by atoms with Crippen LogP contribution < -0.4 is 9.37 Å². The number of hydroxylamine groups is 1. The Bertz CT molecular complexity index is 943. The van der Waals surface area contributed by atoms with Crippen LogP contribution in [0.1, 0.15) is 0 Å². The molecule has 0 saturated carbocycles. The van der Waals surface area contributed by atoms with Crippen molar-refractivity contribution in [2.45, 2.75) is 9.79 Å². The van der Waals surface area contributed by atoms with Gasteiger partial charge in [0.25, 0.3) is 31.5 Å². The summed E-state index contributed by atoms with van der Waals surface area (Å²) in [5.41, 5.74) is -0.877. The molecule has 0 saturated heterocycles. The Kier molecular flexibility index (Phi) is 7.27. The summed E-state index contributed by atoms with van der Waals surface area (Å²) in [6.07, 6.45) is 1.13. The third-order valence-electron chi connectivity index (χ3n) is 2.86. The van der Waals surface area contributed by atoms with Gasteiger partial charge in [0, 0.05) is 20.4 Å². The van der Waals surface area contributed by atoms with Crippen molar-refractivity contribution in [2.75, 3.05) is 36.8 Å². The predicted octanol–water partition coefficient (Wildman–Crippen LogP) is -0.497. The molecule has 0 bridgehead atoms. The molecule has 0 fully saturated rings. The highest BCUT2D eigenvalue weighted by atomic mass is 32.2. The Morgan fingerprint density at radius 2 is 1.42 bits per heavy atom. The molecule has 12 nitrogen and oxygen atoms in total. The minimum Gasteiger partial charge on any atom is -0.282 e. The fourth-order valence-electron chi connectivity index (χ4n) is 1.83. The number of hydrogen-bond acceptors (Lipinski definition) is 9. The molecule has 0 aliphatic rings. The molecule has 2 N–H and O–H groups in total. The zero-order valence-corrected chi connectivity index (χ0v) is 17.1. The van der Waals surface area contributed by atoms with Crippen LogP contribution in [0.4, 0.5) is 11.4 Å². The van der Waals surface area contributed by atoms with E-state index < -0.39 is 63.7 Å². The monoisotopic (exact) mass is 452 g/mol. The topological polar surface area (TPSA) is 168 Å². The Hall–Kier alpha value is -1.14. The average Bonchev–Trinajstić information content (AvgIpc) is 2.49. The summed E-state index contributed by atoms with van der Waals surface area (Å²) >= 11 is -4.10. The van der Waals surface area contributed by atoms with E-state index in [4.69, 9.17) is 4.28 Å². The molecule has 0 aliphatic heterocycles. The molecule has 1 rings (SSSR count). The molecule has 0 aliphatic carbocycles. The molecule has 2 unspecified atom stereocenters. The maximum atomic E-state index is 11.8. The lowest BCUT2D eigenvalue weighted by atomic mass is 10.2. The minimum atomic E-state index is -5.00. The summed E-state index contributed by atoms with van der Waals surface area (Å²) < 4.78 is 98.4. The third-order valence-corrected chi connectivity index (χ3v) is 5.99. The molecule has 26 heavy (non-hydrogen) atoms. The van der Waals surface area contributed by atoms with Crippen molar-refractivity contribution < 1.29 is 42.8 Å². The van der Waals surface area contributed by atoms with Crippen molar-refractivity contribution in [3.8, 4) is 0 Å². The maximum absolute atomic E-state index is 11.8. The highest BCUT2D eigenvalue weighted by molar-refractivity contribution is 7.87. The number of benzene rings is 1. The predicted molar refractivity (Wildman–Crippen MR) is 93.2 cm³/mol. The molecular weight excluding hydrogens is 436 g/mol. The number of nitrogens with zero attached hydrogens (tertiary/aromatic N) is 2. The molecule has 1 aromatic rings. The van der Waals surface area contributed by atoms with E-state index in [0.717, 1.165) is 37.8 Å². The van der Waals surface area contributed by atoms with Crippen LogP contribution in [0.2, 0.25) is 0 Å². The van der Waals surface area contributed by atoms with Gasteiger partial charge in [-0.25, -0.2) is 13.5 Å². The molecule has 2 atom stereocenters.